The minimum absolute atomic E-state index is 0.194. The topological polar surface area (TPSA) is 3.24 Å². The SMILES string of the molecule is CC1(C)c2ccccc2N(c2ccccc2)c2ccc(-c3ccc4c(c3)-c3cc5c6ccccc6c6ccccc6c5cc3C43c4ccccc4-c4ccccc43)cc21. The molecule has 1 aliphatic heterocycles. The summed E-state index contributed by atoms with van der Waals surface area (Å²) < 4.78 is 0. The van der Waals surface area contributed by atoms with Crippen molar-refractivity contribution in [3.63, 3.8) is 0 Å². The fraction of sp³-hybridized carbons (Fsp3) is 0.0690. The number of nitrogens with zero attached hydrogens (tertiary/aromatic N) is 1. The molecule has 0 aromatic heterocycles. The number of hydrogen-bond acceptors (Lipinski definition) is 1. The molecule has 59 heavy (non-hydrogen) atoms. The number of hydrogen-bond donors (Lipinski definition) is 0. The van der Waals surface area contributed by atoms with Crippen LogP contribution in [0.25, 0.3) is 65.7 Å². The Kier molecular flexibility index (Phi) is 6.50. The number of fused-ring (bicyclic) bond motifs is 18. The van der Waals surface area contributed by atoms with E-state index in [9.17, 15) is 0 Å². The van der Waals surface area contributed by atoms with E-state index in [1.165, 1.54) is 116 Å². The molecule has 10 aromatic rings. The van der Waals surface area contributed by atoms with Crippen molar-refractivity contribution in [2.75, 3.05) is 4.90 Å². The third-order valence-corrected chi connectivity index (χ3v) is 14.0. The molecule has 276 valence electrons. The highest BCUT2D eigenvalue weighted by molar-refractivity contribution is 6.26. The van der Waals surface area contributed by atoms with Crippen LogP contribution in [0.1, 0.15) is 47.2 Å². The molecule has 0 saturated heterocycles. The van der Waals surface area contributed by atoms with Crippen molar-refractivity contribution in [1.29, 1.82) is 0 Å². The monoisotopic (exact) mass is 749 g/mol. The summed E-state index contributed by atoms with van der Waals surface area (Å²) in [6.45, 7) is 4.77. The van der Waals surface area contributed by atoms with E-state index in [4.69, 9.17) is 0 Å². The van der Waals surface area contributed by atoms with E-state index < -0.39 is 5.41 Å². The summed E-state index contributed by atoms with van der Waals surface area (Å²) >= 11 is 0. The van der Waals surface area contributed by atoms with Crippen molar-refractivity contribution in [1.82, 2.24) is 0 Å². The summed E-state index contributed by atoms with van der Waals surface area (Å²) in [7, 11) is 0. The lowest BCUT2D eigenvalue weighted by molar-refractivity contribution is 0.632. The predicted octanol–water partition coefficient (Wildman–Crippen LogP) is 15.3. The molecule has 2 aliphatic carbocycles. The van der Waals surface area contributed by atoms with Crippen LogP contribution in [-0.2, 0) is 10.8 Å². The number of benzene rings is 10. The fourth-order valence-electron chi connectivity index (χ4n) is 11.5. The molecular weight excluding hydrogens is 711 g/mol. The van der Waals surface area contributed by atoms with Crippen molar-refractivity contribution in [2.45, 2.75) is 24.7 Å². The second-order valence-corrected chi connectivity index (χ2v) is 17.2. The van der Waals surface area contributed by atoms with Crippen LogP contribution in [0.4, 0.5) is 17.1 Å². The second kappa shape index (κ2) is 11.7. The Labute approximate surface area is 344 Å². The van der Waals surface area contributed by atoms with Crippen LogP contribution in [-0.4, -0.2) is 0 Å². The summed E-state index contributed by atoms with van der Waals surface area (Å²) in [6, 6.07) is 75.5. The highest BCUT2D eigenvalue weighted by atomic mass is 15.2. The van der Waals surface area contributed by atoms with Gasteiger partial charge in [0, 0.05) is 11.1 Å². The summed E-state index contributed by atoms with van der Waals surface area (Å²) in [5, 5.41) is 7.83. The largest absolute Gasteiger partial charge is 0.310 e. The smallest absolute Gasteiger partial charge is 0.0725 e. The number of para-hydroxylation sites is 2. The van der Waals surface area contributed by atoms with Crippen molar-refractivity contribution < 1.29 is 0 Å². The van der Waals surface area contributed by atoms with Crippen molar-refractivity contribution >= 4 is 49.4 Å². The lowest BCUT2D eigenvalue weighted by Gasteiger charge is -2.42. The minimum Gasteiger partial charge on any atom is -0.310 e. The molecular formula is C58H39N. The second-order valence-electron chi connectivity index (χ2n) is 17.2. The van der Waals surface area contributed by atoms with E-state index in [1.807, 2.05) is 0 Å². The Balaban J connectivity index is 1.09. The van der Waals surface area contributed by atoms with Gasteiger partial charge in [-0.3, -0.25) is 0 Å². The van der Waals surface area contributed by atoms with Gasteiger partial charge in [0.25, 0.3) is 0 Å². The summed E-state index contributed by atoms with van der Waals surface area (Å²) in [4.78, 5) is 2.44. The predicted molar refractivity (Wildman–Crippen MR) is 248 cm³/mol. The molecule has 3 aliphatic rings. The third-order valence-electron chi connectivity index (χ3n) is 14.0. The minimum atomic E-state index is -0.435. The van der Waals surface area contributed by atoms with E-state index in [2.05, 4.69) is 219 Å². The Morgan fingerprint density at radius 2 is 0.780 bits per heavy atom. The van der Waals surface area contributed by atoms with Crippen molar-refractivity contribution in [2.24, 2.45) is 0 Å². The van der Waals surface area contributed by atoms with Crippen LogP contribution in [0, 0.1) is 0 Å². The van der Waals surface area contributed by atoms with Gasteiger partial charge in [0.2, 0.25) is 0 Å². The van der Waals surface area contributed by atoms with Crippen LogP contribution in [0.3, 0.4) is 0 Å². The van der Waals surface area contributed by atoms with Gasteiger partial charge in [-0.25, -0.2) is 0 Å². The molecule has 10 aromatic carbocycles. The van der Waals surface area contributed by atoms with Gasteiger partial charge >= 0.3 is 0 Å². The van der Waals surface area contributed by atoms with E-state index in [-0.39, 0.29) is 5.41 Å². The molecule has 0 saturated carbocycles. The highest BCUT2D eigenvalue weighted by Gasteiger charge is 2.52. The van der Waals surface area contributed by atoms with Crippen molar-refractivity contribution in [3.05, 3.63) is 234 Å². The summed E-state index contributed by atoms with van der Waals surface area (Å²) in [5.41, 5.74) is 18.9. The molecule has 0 atom stereocenters. The maximum absolute atomic E-state index is 2.56. The fourth-order valence-corrected chi connectivity index (χ4v) is 11.5. The maximum Gasteiger partial charge on any atom is 0.0725 e. The number of anilines is 3. The first kappa shape index (κ1) is 32.8. The first-order valence-electron chi connectivity index (χ1n) is 20.8. The highest BCUT2D eigenvalue weighted by Crippen LogP contribution is 2.64. The average molecular weight is 750 g/mol. The zero-order valence-electron chi connectivity index (χ0n) is 33.0. The maximum atomic E-state index is 2.56. The molecule has 0 unspecified atom stereocenters. The van der Waals surface area contributed by atoms with Crippen LogP contribution in [0.15, 0.2) is 200 Å². The zero-order chi connectivity index (χ0) is 39.0. The van der Waals surface area contributed by atoms with E-state index in [0.29, 0.717) is 0 Å². The Bertz CT molecular complexity index is 3380. The van der Waals surface area contributed by atoms with Gasteiger partial charge in [0.15, 0.2) is 0 Å². The van der Waals surface area contributed by atoms with E-state index >= 15 is 0 Å². The molecule has 0 N–H and O–H groups in total. The van der Waals surface area contributed by atoms with Gasteiger partial charge in [-0.2, -0.15) is 0 Å². The normalized spacial score (nSPS) is 14.8. The first-order valence-corrected chi connectivity index (χ1v) is 20.8. The van der Waals surface area contributed by atoms with Crippen LogP contribution >= 0.6 is 0 Å². The molecule has 1 heteroatoms. The van der Waals surface area contributed by atoms with E-state index in [1.54, 1.807) is 0 Å². The van der Waals surface area contributed by atoms with Crippen molar-refractivity contribution in [3.8, 4) is 33.4 Å². The molecule has 13 rings (SSSR count). The lowest BCUT2D eigenvalue weighted by Crippen LogP contribution is -2.30. The molecule has 0 amide bonds. The summed E-state index contributed by atoms with van der Waals surface area (Å²) in [6.07, 6.45) is 0. The Morgan fingerprint density at radius 3 is 1.46 bits per heavy atom. The quantitative estimate of drug-likeness (QED) is 0.159. The molecule has 0 bridgehead atoms. The molecule has 1 heterocycles. The van der Waals surface area contributed by atoms with Gasteiger partial charge in [-0.15, -0.1) is 0 Å². The van der Waals surface area contributed by atoms with Crippen LogP contribution < -0.4 is 4.90 Å². The lowest BCUT2D eigenvalue weighted by atomic mass is 9.70. The van der Waals surface area contributed by atoms with Gasteiger partial charge in [-0.05, 0) is 148 Å². The summed E-state index contributed by atoms with van der Waals surface area (Å²) in [5.74, 6) is 0. The molecule has 1 spiro atoms. The van der Waals surface area contributed by atoms with Gasteiger partial charge in [0.05, 0.1) is 16.8 Å². The van der Waals surface area contributed by atoms with Gasteiger partial charge in [-0.1, -0.05) is 166 Å². The van der Waals surface area contributed by atoms with Gasteiger partial charge < -0.3 is 4.90 Å². The molecule has 0 fully saturated rings. The third kappa shape index (κ3) is 4.19. The van der Waals surface area contributed by atoms with Gasteiger partial charge in [0.1, 0.15) is 0 Å². The standard InChI is InChI=1S/C58H39N/c1-57(2)52-26-14-15-27-55(52)59(38-16-4-3-5-17-38)56-31-29-37(33-54(56)57)36-28-30-51-47(32-36)48-34-45-41-20-8-6-18-39(41)40-19-7-9-21-42(40)46(45)35-53(48)58(51)49-24-12-10-22-43(49)44-23-11-13-25-50(44)58/h3-35H,1-2H3. The first-order chi connectivity index (χ1) is 29.0. The number of rotatable bonds is 2. The zero-order valence-corrected chi connectivity index (χ0v) is 33.0. The molecule has 0 radical (unpaired) electrons. The Morgan fingerprint density at radius 1 is 0.305 bits per heavy atom. The van der Waals surface area contributed by atoms with Crippen LogP contribution in [0.2, 0.25) is 0 Å². The Hall–Kier alpha value is -7.22. The average Bonchev–Trinajstić information content (AvgIpc) is 3.75. The van der Waals surface area contributed by atoms with Crippen LogP contribution in [0.5, 0.6) is 0 Å². The molecule has 1 nitrogen and oxygen atoms in total. The van der Waals surface area contributed by atoms with E-state index in [0.717, 1.165) is 0 Å².